The third-order valence-electron chi connectivity index (χ3n) is 0.187. The zero-order valence-electron chi connectivity index (χ0n) is 2.97. The van der Waals surface area contributed by atoms with Gasteiger partial charge < -0.3 is 0 Å². The summed E-state index contributed by atoms with van der Waals surface area (Å²) in [4.78, 5) is 0. The van der Waals surface area contributed by atoms with E-state index in [1.807, 2.05) is 0 Å². The number of nitrogens with one attached hydrogen (secondary N) is 1. The van der Waals surface area contributed by atoms with Crippen molar-refractivity contribution in [3.63, 3.8) is 0 Å². The van der Waals surface area contributed by atoms with E-state index in [-0.39, 0.29) is 0 Å². The van der Waals surface area contributed by atoms with Crippen molar-refractivity contribution in [3.05, 3.63) is 0 Å². The first-order valence-electron chi connectivity index (χ1n) is 1.28. The molecule has 0 aromatic rings. The van der Waals surface area contributed by atoms with E-state index in [4.69, 9.17) is 5.21 Å². The minimum absolute atomic E-state index is 1.44. The quantitative estimate of drug-likeness (QED) is 0.339. The molecule has 0 atom stereocenters. The second-order valence-electron chi connectivity index (χ2n) is 0.487. The second-order valence-corrected chi connectivity index (χ2v) is 0.487. The summed E-state index contributed by atoms with van der Waals surface area (Å²) in [6, 6.07) is 0. The molecule has 0 aromatic heterocycles. The van der Waals surface area contributed by atoms with E-state index in [0.717, 1.165) is 0 Å². The molecule has 0 saturated heterocycles. The summed E-state index contributed by atoms with van der Waals surface area (Å²) in [7, 11) is 0. The van der Waals surface area contributed by atoms with Crippen molar-refractivity contribution in [2.24, 2.45) is 5.10 Å². The number of hydrazone groups is 1. The SMILES string of the molecule is C/C=N\NO. The Hall–Kier alpha value is -0.570. The summed E-state index contributed by atoms with van der Waals surface area (Å²) in [6.07, 6.45) is 1.44. The van der Waals surface area contributed by atoms with Crippen LogP contribution in [0.5, 0.6) is 0 Å². The molecule has 0 radical (unpaired) electrons. The van der Waals surface area contributed by atoms with Crippen LogP contribution in [0.1, 0.15) is 6.92 Å². The highest BCUT2D eigenvalue weighted by Gasteiger charge is 1.45. The molecule has 2 N–H and O–H groups in total. The van der Waals surface area contributed by atoms with Crippen molar-refractivity contribution in [1.82, 2.24) is 5.59 Å². The zero-order chi connectivity index (χ0) is 4.12. The summed E-state index contributed by atoms with van der Waals surface area (Å²) in [6.45, 7) is 1.70. The van der Waals surface area contributed by atoms with Crippen molar-refractivity contribution in [1.29, 1.82) is 0 Å². The minimum atomic E-state index is 1.44. The highest BCUT2D eigenvalue weighted by atomic mass is 16.5. The van der Waals surface area contributed by atoms with Gasteiger partial charge in [0.25, 0.3) is 0 Å². The molecular formula is C2H6N2O. The Morgan fingerprint density at radius 1 is 2.00 bits per heavy atom. The third kappa shape index (κ3) is 3.43. The largest absolute Gasteiger partial charge is 0.274 e. The van der Waals surface area contributed by atoms with Gasteiger partial charge in [-0.1, -0.05) is 0 Å². The molecule has 0 aliphatic rings. The van der Waals surface area contributed by atoms with E-state index in [9.17, 15) is 0 Å². The molecule has 0 amide bonds. The van der Waals surface area contributed by atoms with Crippen LogP contribution in [-0.4, -0.2) is 11.4 Å². The van der Waals surface area contributed by atoms with Crippen LogP contribution in [0.15, 0.2) is 5.10 Å². The molecular weight excluding hydrogens is 68.0 g/mol. The molecule has 5 heavy (non-hydrogen) atoms. The van der Waals surface area contributed by atoms with Crippen molar-refractivity contribution in [3.8, 4) is 0 Å². The molecule has 0 unspecified atom stereocenters. The van der Waals surface area contributed by atoms with Crippen LogP contribution in [0.4, 0.5) is 0 Å². The van der Waals surface area contributed by atoms with Gasteiger partial charge in [0.15, 0.2) is 0 Å². The van der Waals surface area contributed by atoms with E-state index < -0.39 is 0 Å². The van der Waals surface area contributed by atoms with Gasteiger partial charge in [-0.2, -0.15) is 10.7 Å². The lowest BCUT2D eigenvalue weighted by Gasteiger charge is -1.74. The Bertz CT molecular complexity index is 34.6. The first-order chi connectivity index (χ1) is 2.41. The predicted octanol–water partition coefficient (Wildman–Crippen LogP) is -0.0291. The highest BCUT2D eigenvalue weighted by molar-refractivity contribution is 5.52. The molecule has 0 aliphatic carbocycles. The summed E-state index contributed by atoms with van der Waals surface area (Å²) < 4.78 is 0. The molecule has 3 heteroatoms. The van der Waals surface area contributed by atoms with Crippen LogP contribution in [0, 0.1) is 0 Å². The lowest BCUT2D eigenvalue weighted by Crippen LogP contribution is -1.92. The minimum Gasteiger partial charge on any atom is -0.274 e. The van der Waals surface area contributed by atoms with Gasteiger partial charge in [0.2, 0.25) is 0 Å². The van der Waals surface area contributed by atoms with Crippen molar-refractivity contribution >= 4 is 6.21 Å². The predicted molar refractivity (Wildman–Crippen MR) is 19.1 cm³/mol. The van der Waals surface area contributed by atoms with Gasteiger partial charge in [-0.05, 0) is 6.92 Å². The molecule has 30 valence electrons. The van der Waals surface area contributed by atoms with Gasteiger partial charge in [-0.3, -0.25) is 5.21 Å². The Labute approximate surface area is 30.3 Å². The van der Waals surface area contributed by atoms with E-state index in [1.165, 1.54) is 6.21 Å². The van der Waals surface area contributed by atoms with E-state index in [1.54, 1.807) is 12.5 Å². The number of nitrogens with zero attached hydrogens (tertiary/aromatic N) is 1. The topological polar surface area (TPSA) is 44.6 Å². The number of rotatable bonds is 1. The van der Waals surface area contributed by atoms with Crippen molar-refractivity contribution in [2.45, 2.75) is 6.92 Å². The van der Waals surface area contributed by atoms with Gasteiger partial charge in [0, 0.05) is 6.21 Å². The molecule has 0 saturated carbocycles. The second kappa shape index (κ2) is 3.43. The maximum atomic E-state index is 7.62. The average molecular weight is 74.1 g/mol. The molecule has 3 nitrogen and oxygen atoms in total. The summed E-state index contributed by atoms with van der Waals surface area (Å²) in [5.41, 5.74) is 1.59. The molecule has 0 bridgehead atoms. The van der Waals surface area contributed by atoms with Gasteiger partial charge in [-0.25, -0.2) is 0 Å². The van der Waals surface area contributed by atoms with Crippen LogP contribution in [0.2, 0.25) is 0 Å². The molecule has 0 rings (SSSR count). The van der Waals surface area contributed by atoms with E-state index in [0.29, 0.717) is 0 Å². The smallest absolute Gasteiger partial charge is 0.0236 e. The van der Waals surface area contributed by atoms with E-state index >= 15 is 0 Å². The Morgan fingerprint density at radius 2 is 2.60 bits per heavy atom. The van der Waals surface area contributed by atoms with Crippen LogP contribution in [0.3, 0.4) is 0 Å². The Morgan fingerprint density at radius 3 is 2.60 bits per heavy atom. The lowest BCUT2D eigenvalue weighted by atomic mass is 10.9. The van der Waals surface area contributed by atoms with E-state index in [2.05, 4.69) is 5.10 Å². The molecule has 0 aliphatic heterocycles. The van der Waals surface area contributed by atoms with Gasteiger partial charge in [0.05, 0.1) is 0 Å². The molecule has 0 heterocycles. The van der Waals surface area contributed by atoms with Crippen LogP contribution >= 0.6 is 0 Å². The van der Waals surface area contributed by atoms with Gasteiger partial charge in [-0.15, -0.1) is 0 Å². The standard InChI is InChI=1S/C2H6N2O/c1-2-3-4-5/h2,4-5H,1H3/b3-2-. The van der Waals surface area contributed by atoms with Crippen LogP contribution < -0.4 is 5.59 Å². The normalized spacial score (nSPS) is 9.20. The van der Waals surface area contributed by atoms with Crippen LogP contribution in [-0.2, 0) is 0 Å². The average Bonchev–Trinajstić information content (AvgIpc) is 1.41. The first-order valence-corrected chi connectivity index (χ1v) is 1.28. The van der Waals surface area contributed by atoms with Gasteiger partial charge >= 0.3 is 0 Å². The van der Waals surface area contributed by atoms with Crippen molar-refractivity contribution in [2.75, 3.05) is 0 Å². The lowest BCUT2D eigenvalue weighted by molar-refractivity contribution is 0.172. The molecule has 0 aromatic carbocycles. The molecule has 0 spiro atoms. The third-order valence-corrected chi connectivity index (χ3v) is 0.187. The fraction of sp³-hybridized carbons (Fsp3) is 0.500. The summed E-state index contributed by atoms with van der Waals surface area (Å²) in [5, 5.41) is 10.8. The fourth-order valence-corrected chi connectivity index (χ4v) is 0.0577. The number of hydrogen-bond acceptors (Lipinski definition) is 3. The Balaban J connectivity index is 2.62. The van der Waals surface area contributed by atoms with Crippen molar-refractivity contribution < 1.29 is 5.21 Å². The number of hydrogen-bond donors (Lipinski definition) is 2. The fourth-order valence-electron chi connectivity index (χ4n) is 0.0577. The monoisotopic (exact) mass is 74.0 g/mol. The van der Waals surface area contributed by atoms with Crippen LogP contribution in [0.25, 0.3) is 0 Å². The maximum Gasteiger partial charge on any atom is 0.0236 e. The summed E-state index contributed by atoms with van der Waals surface area (Å²) in [5.74, 6) is 0. The Kier molecular flexibility index (Phi) is 3.04. The van der Waals surface area contributed by atoms with Gasteiger partial charge in [0.1, 0.15) is 0 Å². The first kappa shape index (κ1) is 4.43. The zero-order valence-corrected chi connectivity index (χ0v) is 2.97. The highest BCUT2D eigenvalue weighted by Crippen LogP contribution is 1.41. The molecule has 0 fully saturated rings. The maximum absolute atomic E-state index is 7.62. The summed E-state index contributed by atoms with van der Waals surface area (Å²) >= 11 is 0.